The number of carbonyl (C=O) groups is 1. The van der Waals surface area contributed by atoms with Crippen molar-refractivity contribution in [3.8, 4) is 0 Å². The van der Waals surface area contributed by atoms with Crippen molar-refractivity contribution >= 4 is 40.5 Å². The standard InChI is InChI=1S/C20H17Cl2N3O/c1-13(14-5-3-2-4-6-14)24-18-8-7-16(12-17(18)21)25-20(26)15-9-10-23-19(22)11-15/h2-13,24H,1H3,(H,25,26). The molecule has 26 heavy (non-hydrogen) atoms. The van der Waals surface area contributed by atoms with Crippen LogP contribution < -0.4 is 10.6 Å². The number of benzene rings is 2. The minimum Gasteiger partial charge on any atom is -0.377 e. The first kappa shape index (κ1) is 18.2. The van der Waals surface area contributed by atoms with E-state index in [1.807, 2.05) is 24.3 Å². The molecule has 0 aliphatic heterocycles. The second-order valence-corrected chi connectivity index (χ2v) is 6.59. The average molecular weight is 386 g/mol. The lowest BCUT2D eigenvalue weighted by atomic mass is 10.1. The highest BCUT2D eigenvalue weighted by molar-refractivity contribution is 6.33. The number of pyridine rings is 1. The zero-order valence-electron chi connectivity index (χ0n) is 14.0. The second-order valence-electron chi connectivity index (χ2n) is 5.79. The van der Waals surface area contributed by atoms with E-state index in [1.165, 1.54) is 12.3 Å². The Balaban J connectivity index is 1.70. The van der Waals surface area contributed by atoms with Gasteiger partial charge in [-0.25, -0.2) is 4.98 Å². The van der Waals surface area contributed by atoms with Crippen LogP contribution in [0, 0.1) is 0 Å². The number of nitrogens with one attached hydrogen (secondary N) is 2. The van der Waals surface area contributed by atoms with Crippen LogP contribution in [0.15, 0.2) is 66.9 Å². The van der Waals surface area contributed by atoms with Gasteiger partial charge in [-0.3, -0.25) is 4.79 Å². The molecule has 0 aliphatic rings. The Kier molecular flexibility index (Phi) is 5.76. The van der Waals surface area contributed by atoms with E-state index < -0.39 is 0 Å². The molecular weight excluding hydrogens is 369 g/mol. The van der Waals surface area contributed by atoms with Gasteiger partial charge in [-0.05, 0) is 42.8 Å². The Bertz CT molecular complexity index is 916. The molecule has 2 aromatic carbocycles. The van der Waals surface area contributed by atoms with Crippen molar-refractivity contribution in [2.75, 3.05) is 10.6 Å². The molecule has 0 saturated heterocycles. The molecule has 3 aromatic rings. The smallest absolute Gasteiger partial charge is 0.255 e. The van der Waals surface area contributed by atoms with E-state index >= 15 is 0 Å². The van der Waals surface area contributed by atoms with E-state index in [2.05, 4.69) is 34.7 Å². The number of rotatable bonds is 5. The first-order valence-electron chi connectivity index (χ1n) is 8.07. The average Bonchev–Trinajstić information content (AvgIpc) is 2.64. The van der Waals surface area contributed by atoms with Crippen LogP contribution in [0.2, 0.25) is 10.2 Å². The Morgan fingerprint density at radius 2 is 1.81 bits per heavy atom. The zero-order chi connectivity index (χ0) is 18.5. The molecule has 6 heteroatoms. The molecule has 1 unspecified atom stereocenters. The van der Waals surface area contributed by atoms with E-state index in [1.54, 1.807) is 18.2 Å². The summed E-state index contributed by atoms with van der Waals surface area (Å²) in [6.45, 7) is 2.06. The number of amides is 1. The van der Waals surface area contributed by atoms with Gasteiger partial charge in [0, 0.05) is 23.5 Å². The molecule has 0 spiro atoms. The molecule has 0 radical (unpaired) electrons. The van der Waals surface area contributed by atoms with Crippen molar-refractivity contribution in [1.29, 1.82) is 0 Å². The Morgan fingerprint density at radius 3 is 2.50 bits per heavy atom. The van der Waals surface area contributed by atoms with Gasteiger partial charge in [0.1, 0.15) is 5.15 Å². The molecule has 2 N–H and O–H groups in total. The molecule has 0 saturated carbocycles. The highest BCUT2D eigenvalue weighted by Gasteiger charge is 2.11. The predicted molar refractivity (Wildman–Crippen MR) is 107 cm³/mol. The fourth-order valence-corrected chi connectivity index (χ4v) is 2.92. The molecule has 0 fully saturated rings. The summed E-state index contributed by atoms with van der Waals surface area (Å²) < 4.78 is 0. The third kappa shape index (κ3) is 4.54. The molecule has 0 aliphatic carbocycles. The van der Waals surface area contributed by atoms with E-state index in [4.69, 9.17) is 23.2 Å². The summed E-state index contributed by atoms with van der Waals surface area (Å²) in [7, 11) is 0. The van der Waals surface area contributed by atoms with Gasteiger partial charge in [0.2, 0.25) is 0 Å². The first-order chi connectivity index (χ1) is 12.5. The molecule has 1 heterocycles. The Morgan fingerprint density at radius 1 is 1.04 bits per heavy atom. The normalized spacial score (nSPS) is 11.7. The third-order valence-electron chi connectivity index (χ3n) is 3.89. The summed E-state index contributed by atoms with van der Waals surface area (Å²) in [4.78, 5) is 16.1. The first-order valence-corrected chi connectivity index (χ1v) is 8.82. The number of aromatic nitrogens is 1. The molecule has 0 bridgehead atoms. The van der Waals surface area contributed by atoms with Crippen LogP contribution in [0.4, 0.5) is 11.4 Å². The van der Waals surface area contributed by atoms with Crippen molar-refractivity contribution in [2.24, 2.45) is 0 Å². The third-order valence-corrected chi connectivity index (χ3v) is 4.41. The molecular formula is C20H17Cl2N3O. The van der Waals surface area contributed by atoms with Crippen LogP contribution in [-0.2, 0) is 0 Å². The molecule has 132 valence electrons. The summed E-state index contributed by atoms with van der Waals surface area (Å²) in [6.07, 6.45) is 1.49. The van der Waals surface area contributed by atoms with E-state index in [0.29, 0.717) is 16.3 Å². The van der Waals surface area contributed by atoms with Gasteiger partial charge < -0.3 is 10.6 Å². The van der Waals surface area contributed by atoms with Crippen molar-refractivity contribution in [3.05, 3.63) is 88.2 Å². The van der Waals surface area contributed by atoms with Gasteiger partial charge in [-0.15, -0.1) is 0 Å². The van der Waals surface area contributed by atoms with Crippen LogP contribution >= 0.6 is 23.2 Å². The Labute approximate surface area is 162 Å². The van der Waals surface area contributed by atoms with Gasteiger partial charge >= 0.3 is 0 Å². The maximum atomic E-state index is 12.3. The van der Waals surface area contributed by atoms with Gasteiger partial charge in [0.05, 0.1) is 10.7 Å². The minimum atomic E-state index is -0.274. The quantitative estimate of drug-likeness (QED) is 0.544. The van der Waals surface area contributed by atoms with Crippen LogP contribution in [0.5, 0.6) is 0 Å². The monoisotopic (exact) mass is 385 g/mol. The van der Waals surface area contributed by atoms with Crippen molar-refractivity contribution in [1.82, 2.24) is 4.98 Å². The molecule has 3 rings (SSSR count). The lowest BCUT2D eigenvalue weighted by Crippen LogP contribution is -2.12. The summed E-state index contributed by atoms with van der Waals surface area (Å²) in [5, 5.41) is 6.97. The number of hydrogen-bond acceptors (Lipinski definition) is 3. The van der Waals surface area contributed by atoms with E-state index in [-0.39, 0.29) is 17.1 Å². The summed E-state index contributed by atoms with van der Waals surface area (Å²) in [5.74, 6) is -0.274. The summed E-state index contributed by atoms with van der Waals surface area (Å²) in [5.41, 5.74) is 3.00. The van der Waals surface area contributed by atoms with Gasteiger partial charge in [-0.1, -0.05) is 53.5 Å². The van der Waals surface area contributed by atoms with E-state index in [9.17, 15) is 4.79 Å². The number of hydrogen-bond donors (Lipinski definition) is 2. The lowest BCUT2D eigenvalue weighted by molar-refractivity contribution is 0.102. The fourth-order valence-electron chi connectivity index (χ4n) is 2.52. The summed E-state index contributed by atoms with van der Waals surface area (Å²) >= 11 is 12.2. The van der Waals surface area contributed by atoms with Crippen molar-refractivity contribution < 1.29 is 4.79 Å². The maximum absolute atomic E-state index is 12.3. The van der Waals surface area contributed by atoms with Crippen molar-refractivity contribution in [2.45, 2.75) is 13.0 Å². The highest BCUT2D eigenvalue weighted by Crippen LogP contribution is 2.29. The van der Waals surface area contributed by atoms with Gasteiger partial charge in [0.25, 0.3) is 5.91 Å². The predicted octanol–water partition coefficient (Wildman–Crippen LogP) is 5.81. The maximum Gasteiger partial charge on any atom is 0.255 e. The van der Waals surface area contributed by atoms with Crippen molar-refractivity contribution in [3.63, 3.8) is 0 Å². The summed E-state index contributed by atoms with van der Waals surface area (Å²) in [6, 6.07) is 18.7. The van der Waals surface area contributed by atoms with Crippen LogP contribution in [0.25, 0.3) is 0 Å². The largest absolute Gasteiger partial charge is 0.377 e. The van der Waals surface area contributed by atoms with Gasteiger partial charge in [0.15, 0.2) is 0 Å². The molecule has 1 atom stereocenters. The number of halogens is 2. The molecule has 1 amide bonds. The topological polar surface area (TPSA) is 54.0 Å². The zero-order valence-corrected chi connectivity index (χ0v) is 15.6. The fraction of sp³-hybridized carbons (Fsp3) is 0.100. The lowest BCUT2D eigenvalue weighted by Gasteiger charge is -2.17. The van der Waals surface area contributed by atoms with E-state index in [0.717, 1.165) is 11.3 Å². The van der Waals surface area contributed by atoms with Gasteiger partial charge in [-0.2, -0.15) is 0 Å². The highest BCUT2D eigenvalue weighted by atomic mass is 35.5. The van der Waals surface area contributed by atoms with Crippen LogP contribution in [0.3, 0.4) is 0 Å². The number of carbonyl (C=O) groups excluding carboxylic acids is 1. The molecule has 4 nitrogen and oxygen atoms in total. The van der Waals surface area contributed by atoms with Crippen LogP contribution in [0.1, 0.15) is 28.9 Å². The van der Waals surface area contributed by atoms with Crippen LogP contribution in [-0.4, -0.2) is 10.9 Å². The SMILES string of the molecule is CC(Nc1ccc(NC(=O)c2ccnc(Cl)c2)cc1Cl)c1ccccc1. The minimum absolute atomic E-state index is 0.105. The number of anilines is 2. The number of nitrogens with zero attached hydrogens (tertiary/aromatic N) is 1. The molecule has 1 aromatic heterocycles. The second kappa shape index (κ2) is 8.21. The Hall–Kier alpha value is -2.56.